The van der Waals surface area contributed by atoms with Gasteiger partial charge in [-0.15, -0.1) is 0 Å². The lowest BCUT2D eigenvalue weighted by atomic mass is 9.47. The van der Waals surface area contributed by atoms with E-state index in [9.17, 15) is 9.59 Å². The Balaban J connectivity index is 1.15. The molecule has 3 fully saturated rings. The summed E-state index contributed by atoms with van der Waals surface area (Å²) in [4.78, 5) is 33.0. The number of pyridine rings is 2. The molecular formula is C31H36N6O2. The largest absolute Gasteiger partial charge is 0.271 e. The number of nitrogens with zero attached hydrogens (tertiary/aromatic N) is 4. The number of carbonyl (C=O) groups excluding carboxylic acids is 2. The Bertz CT molecular complexity index is 1350. The molecule has 5 unspecified atom stereocenters. The van der Waals surface area contributed by atoms with Gasteiger partial charge < -0.3 is 0 Å². The third-order valence-corrected chi connectivity index (χ3v) is 10.2. The molecule has 5 atom stereocenters. The summed E-state index contributed by atoms with van der Waals surface area (Å²) in [6.45, 7) is 4.84. The molecule has 8 heteroatoms. The van der Waals surface area contributed by atoms with Gasteiger partial charge in [0.15, 0.2) is 0 Å². The van der Waals surface area contributed by atoms with Crippen molar-refractivity contribution in [3.63, 3.8) is 0 Å². The van der Waals surface area contributed by atoms with E-state index in [1.807, 2.05) is 0 Å². The molecule has 2 heterocycles. The quantitative estimate of drug-likeness (QED) is 0.528. The number of amides is 2. The number of rotatable bonds is 4. The van der Waals surface area contributed by atoms with Gasteiger partial charge in [-0.25, -0.2) is 10.9 Å². The van der Waals surface area contributed by atoms with Gasteiger partial charge in [-0.05, 0) is 105 Å². The van der Waals surface area contributed by atoms with Crippen molar-refractivity contribution in [3.05, 3.63) is 71.8 Å². The minimum Gasteiger partial charge on any atom is -0.267 e. The van der Waals surface area contributed by atoms with E-state index in [1.54, 1.807) is 49.1 Å². The van der Waals surface area contributed by atoms with Crippen molar-refractivity contribution in [1.29, 1.82) is 0 Å². The number of nitrogens with one attached hydrogen (secondary N) is 2. The van der Waals surface area contributed by atoms with Gasteiger partial charge >= 0.3 is 0 Å². The molecule has 4 aliphatic carbocycles. The fourth-order valence-electron chi connectivity index (χ4n) is 8.01. The predicted octanol–water partition coefficient (Wildman–Crippen LogP) is 5.31. The summed E-state index contributed by atoms with van der Waals surface area (Å²) < 4.78 is 0. The first-order chi connectivity index (χ1) is 18.9. The van der Waals surface area contributed by atoms with Gasteiger partial charge in [-0.3, -0.25) is 19.6 Å². The molecule has 0 aromatic carbocycles. The summed E-state index contributed by atoms with van der Waals surface area (Å²) in [7, 11) is 0. The normalized spacial score (nSPS) is 33.5. The summed E-state index contributed by atoms with van der Waals surface area (Å²) >= 11 is 0. The van der Waals surface area contributed by atoms with E-state index in [0.717, 1.165) is 49.9 Å². The Labute approximate surface area is 229 Å². The Kier molecular flexibility index (Phi) is 6.65. The zero-order chi connectivity index (χ0) is 27.0. The SMILES string of the molecule is CC12CCC(=NNC(=O)c3ccncc3)C=C1CCC1C2CCC2(C)C(=NNC(=O)c3ccncc3)CCC12. The van der Waals surface area contributed by atoms with Crippen LogP contribution in [0.5, 0.6) is 0 Å². The zero-order valence-corrected chi connectivity index (χ0v) is 22.7. The number of hydrazone groups is 2. The molecule has 8 nitrogen and oxygen atoms in total. The molecule has 0 spiro atoms. The van der Waals surface area contributed by atoms with Gasteiger partial charge in [0.1, 0.15) is 0 Å². The van der Waals surface area contributed by atoms with Crippen molar-refractivity contribution in [2.75, 3.05) is 0 Å². The number of hydrogen-bond acceptors (Lipinski definition) is 6. The van der Waals surface area contributed by atoms with Crippen LogP contribution < -0.4 is 10.9 Å². The van der Waals surface area contributed by atoms with Crippen molar-refractivity contribution < 1.29 is 9.59 Å². The van der Waals surface area contributed by atoms with Gasteiger partial charge in [-0.1, -0.05) is 19.4 Å². The third kappa shape index (κ3) is 4.60. The van der Waals surface area contributed by atoms with Crippen LogP contribution in [0.4, 0.5) is 0 Å². The van der Waals surface area contributed by atoms with Gasteiger partial charge in [0.05, 0.1) is 5.71 Å². The van der Waals surface area contributed by atoms with Crippen LogP contribution in [-0.4, -0.2) is 33.2 Å². The monoisotopic (exact) mass is 524 g/mol. The first-order valence-electron chi connectivity index (χ1n) is 14.1. The minimum atomic E-state index is -0.206. The van der Waals surface area contributed by atoms with Crippen molar-refractivity contribution in [2.24, 2.45) is 38.8 Å². The maximum absolute atomic E-state index is 12.6. The number of aromatic nitrogens is 2. The average molecular weight is 525 g/mol. The van der Waals surface area contributed by atoms with Crippen LogP contribution >= 0.6 is 0 Å². The summed E-state index contributed by atoms with van der Waals surface area (Å²) in [6, 6.07) is 6.81. The smallest absolute Gasteiger partial charge is 0.267 e. The van der Waals surface area contributed by atoms with E-state index >= 15 is 0 Å². The van der Waals surface area contributed by atoms with Crippen LogP contribution in [-0.2, 0) is 0 Å². The second kappa shape index (κ2) is 10.1. The number of allylic oxidation sites excluding steroid dienone is 2. The van der Waals surface area contributed by atoms with Gasteiger partial charge in [0, 0.05) is 47.0 Å². The van der Waals surface area contributed by atoms with Crippen molar-refractivity contribution >= 4 is 23.2 Å². The standard InChI is InChI=1S/C31H36N6O2/c1-30-13-7-23(34-36-28(38)20-9-15-32-16-10-20)19-22(30)3-4-24-25-5-6-27(31(25,2)14-8-26(24)30)35-37-29(39)21-11-17-33-18-12-21/h9-12,15-19,24-26H,3-8,13-14H2,1-2H3,(H,36,38)(H,37,39). The summed E-state index contributed by atoms with van der Waals surface area (Å²) in [5.41, 5.74) is 10.5. The van der Waals surface area contributed by atoms with Gasteiger partial charge in [0.2, 0.25) is 0 Å². The highest BCUT2D eigenvalue weighted by Crippen LogP contribution is 2.64. The van der Waals surface area contributed by atoms with E-state index < -0.39 is 0 Å². The molecule has 0 aliphatic heterocycles. The Hall–Kier alpha value is -3.68. The van der Waals surface area contributed by atoms with Crippen molar-refractivity contribution in [3.8, 4) is 0 Å². The average Bonchev–Trinajstić information content (AvgIpc) is 3.31. The number of hydrogen-bond donors (Lipinski definition) is 2. The predicted molar refractivity (Wildman–Crippen MR) is 150 cm³/mol. The highest BCUT2D eigenvalue weighted by molar-refractivity contribution is 6.00. The molecule has 2 amide bonds. The van der Waals surface area contributed by atoms with E-state index in [-0.39, 0.29) is 22.6 Å². The molecule has 2 N–H and O–H groups in total. The van der Waals surface area contributed by atoms with Crippen LogP contribution in [0.15, 0.2) is 70.9 Å². The Morgan fingerprint density at radius 1 is 0.769 bits per heavy atom. The van der Waals surface area contributed by atoms with E-state index in [2.05, 4.69) is 45.8 Å². The zero-order valence-electron chi connectivity index (χ0n) is 22.7. The molecule has 6 rings (SSSR count). The highest BCUT2D eigenvalue weighted by atomic mass is 16.2. The Morgan fingerprint density at radius 3 is 2.05 bits per heavy atom. The van der Waals surface area contributed by atoms with E-state index in [4.69, 9.17) is 5.10 Å². The third-order valence-electron chi connectivity index (χ3n) is 10.2. The fraction of sp³-hybridized carbons (Fsp3) is 0.484. The van der Waals surface area contributed by atoms with Gasteiger partial charge in [-0.2, -0.15) is 10.2 Å². The van der Waals surface area contributed by atoms with E-state index in [1.165, 1.54) is 18.4 Å². The van der Waals surface area contributed by atoms with Crippen LogP contribution in [0.1, 0.15) is 85.9 Å². The summed E-state index contributed by atoms with van der Waals surface area (Å²) in [5.74, 6) is 1.53. The molecule has 2 aromatic heterocycles. The van der Waals surface area contributed by atoms with Crippen molar-refractivity contribution in [1.82, 2.24) is 20.8 Å². The maximum Gasteiger partial charge on any atom is 0.271 e. The molecule has 0 bridgehead atoms. The number of fused-ring (bicyclic) bond motifs is 5. The maximum atomic E-state index is 12.6. The van der Waals surface area contributed by atoms with Crippen LogP contribution in [0.3, 0.4) is 0 Å². The highest BCUT2D eigenvalue weighted by Gasteiger charge is 2.58. The minimum absolute atomic E-state index is 0.0444. The lowest BCUT2D eigenvalue weighted by molar-refractivity contribution is -0.0155. The lowest BCUT2D eigenvalue weighted by Crippen LogP contribution is -2.50. The second-order valence-electron chi connectivity index (χ2n) is 12.0. The van der Waals surface area contributed by atoms with Gasteiger partial charge in [0.25, 0.3) is 11.8 Å². The lowest BCUT2D eigenvalue weighted by Gasteiger charge is -2.57. The fourth-order valence-corrected chi connectivity index (χ4v) is 8.01. The first kappa shape index (κ1) is 25.6. The van der Waals surface area contributed by atoms with Crippen LogP contribution in [0, 0.1) is 28.6 Å². The molecule has 202 valence electrons. The molecule has 39 heavy (non-hydrogen) atoms. The summed E-state index contributed by atoms with van der Waals surface area (Å²) in [6.07, 6.45) is 17.3. The first-order valence-corrected chi connectivity index (χ1v) is 14.1. The topological polar surface area (TPSA) is 109 Å². The molecular weight excluding hydrogens is 488 g/mol. The summed E-state index contributed by atoms with van der Waals surface area (Å²) in [5, 5.41) is 9.17. The molecule has 2 aromatic rings. The number of carbonyl (C=O) groups is 2. The molecule has 3 saturated carbocycles. The molecule has 0 radical (unpaired) electrons. The van der Waals surface area contributed by atoms with Crippen LogP contribution in [0.25, 0.3) is 0 Å². The molecule has 0 saturated heterocycles. The van der Waals surface area contributed by atoms with E-state index in [0.29, 0.717) is 28.9 Å². The van der Waals surface area contributed by atoms with Crippen LogP contribution in [0.2, 0.25) is 0 Å². The molecule has 4 aliphatic rings. The second-order valence-corrected chi connectivity index (χ2v) is 12.0. The Morgan fingerprint density at radius 2 is 1.38 bits per heavy atom. The van der Waals surface area contributed by atoms with Crippen molar-refractivity contribution in [2.45, 2.75) is 65.2 Å².